The second-order valence-corrected chi connectivity index (χ2v) is 5.32. The van der Waals surface area contributed by atoms with Gasteiger partial charge in [-0.3, -0.25) is 4.57 Å². The summed E-state index contributed by atoms with van der Waals surface area (Å²) < 4.78 is 12.4. The highest BCUT2D eigenvalue weighted by atomic mass is 79.9. The predicted molar refractivity (Wildman–Crippen MR) is 75.6 cm³/mol. The lowest BCUT2D eigenvalue weighted by Gasteiger charge is -2.08. The van der Waals surface area contributed by atoms with Gasteiger partial charge in [0, 0.05) is 12.6 Å². The van der Waals surface area contributed by atoms with Crippen LogP contribution in [-0.2, 0) is 7.05 Å². The Kier molecular flexibility index (Phi) is 3.03. The highest BCUT2D eigenvalue weighted by molar-refractivity contribution is 9.10. The average molecular weight is 343 g/mol. The first-order valence-corrected chi connectivity index (χ1v) is 6.77. The van der Waals surface area contributed by atoms with E-state index in [0.717, 1.165) is 16.6 Å². The van der Waals surface area contributed by atoms with E-state index < -0.39 is 0 Å². The Hall–Kier alpha value is -1.46. The fourth-order valence-corrected chi connectivity index (χ4v) is 2.88. The number of fused-ring (bicyclic) bond motifs is 1. The molecule has 1 unspecified atom stereocenters. The molecule has 0 fully saturated rings. The maximum Gasteiger partial charge on any atom is 0.419 e. The summed E-state index contributed by atoms with van der Waals surface area (Å²) in [5.41, 5.74) is 2.93. The van der Waals surface area contributed by atoms with Crippen molar-refractivity contribution >= 4 is 38.6 Å². The Bertz CT molecular complexity index is 802. The highest BCUT2D eigenvalue weighted by Gasteiger charge is 2.17. The smallest absolute Gasteiger partial charge is 0.419 e. The summed E-state index contributed by atoms with van der Waals surface area (Å²) in [7, 11) is 1.67. The molecule has 1 atom stereocenters. The summed E-state index contributed by atoms with van der Waals surface area (Å²) in [6, 6.07) is 7.26. The molecule has 0 saturated carbocycles. The molecule has 0 spiro atoms. The van der Waals surface area contributed by atoms with E-state index in [0.29, 0.717) is 10.3 Å². The molecule has 0 aliphatic carbocycles. The van der Waals surface area contributed by atoms with Gasteiger partial charge in [0.05, 0.1) is 17.2 Å². The van der Waals surface area contributed by atoms with E-state index in [1.165, 1.54) is 4.57 Å². The molecule has 2 aromatic heterocycles. The number of aryl methyl sites for hydroxylation is 1. The van der Waals surface area contributed by atoms with Crippen molar-refractivity contribution < 1.29 is 8.83 Å². The molecule has 0 amide bonds. The van der Waals surface area contributed by atoms with Crippen LogP contribution in [0.1, 0.15) is 16.5 Å². The SMILES string of the molecule is Cn1c(=O)oc2cc(C(Cl)c3ccoc3Br)ccc21. The summed E-state index contributed by atoms with van der Waals surface area (Å²) in [4.78, 5) is 11.4. The van der Waals surface area contributed by atoms with Crippen LogP contribution < -0.4 is 5.76 Å². The van der Waals surface area contributed by atoms with Crippen LogP contribution in [0.5, 0.6) is 0 Å². The number of oxazole rings is 1. The minimum atomic E-state index is -0.386. The monoisotopic (exact) mass is 341 g/mol. The van der Waals surface area contributed by atoms with Crippen molar-refractivity contribution in [3.63, 3.8) is 0 Å². The van der Waals surface area contributed by atoms with Crippen LogP contribution in [0.3, 0.4) is 0 Å². The lowest BCUT2D eigenvalue weighted by Crippen LogP contribution is -2.08. The van der Waals surface area contributed by atoms with Gasteiger partial charge in [-0.1, -0.05) is 6.07 Å². The summed E-state index contributed by atoms with van der Waals surface area (Å²) in [6.07, 6.45) is 1.57. The molecule has 0 aliphatic rings. The van der Waals surface area contributed by atoms with Gasteiger partial charge in [-0.15, -0.1) is 11.6 Å². The van der Waals surface area contributed by atoms with E-state index >= 15 is 0 Å². The number of rotatable bonds is 2. The molecule has 98 valence electrons. The van der Waals surface area contributed by atoms with Gasteiger partial charge >= 0.3 is 5.76 Å². The molecule has 6 heteroatoms. The van der Waals surface area contributed by atoms with E-state index in [4.69, 9.17) is 20.4 Å². The van der Waals surface area contributed by atoms with Crippen molar-refractivity contribution in [2.24, 2.45) is 7.05 Å². The molecule has 2 heterocycles. The number of hydrogen-bond acceptors (Lipinski definition) is 3. The Morgan fingerprint density at radius 2 is 2.16 bits per heavy atom. The van der Waals surface area contributed by atoms with Crippen molar-refractivity contribution in [2.75, 3.05) is 0 Å². The standard InChI is InChI=1S/C13H9BrClNO3/c1-16-9-3-2-7(6-10(9)19-13(16)17)11(15)8-4-5-18-12(8)14/h2-6,11H,1H3. The minimum absolute atomic E-state index is 0.372. The molecule has 3 rings (SSSR count). The molecule has 1 aromatic carbocycles. The second kappa shape index (κ2) is 4.58. The van der Waals surface area contributed by atoms with Gasteiger partial charge < -0.3 is 8.83 Å². The molecule has 19 heavy (non-hydrogen) atoms. The summed E-state index contributed by atoms with van der Waals surface area (Å²) in [5, 5.41) is -0.372. The minimum Gasteiger partial charge on any atom is -0.457 e. The fraction of sp³-hybridized carbons (Fsp3) is 0.154. The molecule has 3 aromatic rings. The van der Waals surface area contributed by atoms with E-state index in [9.17, 15) is 4.79 Å². The van der Waals surface area contributed by atoms with Crippen molar-refractivity contribution in [2.45, 2.75) is 5.38 Å². The molecule has 0 radical (unpaired) electrons. The number of aromatic nitrogens is 1. The average Bonchev–Trinajstić information content (AvgIpc) is 2.93. The molecular formula is C13H9BrClNO3. The molecule has 0 aliphatic heterocycles. The molecule has 0 N–H and O–H groups in total. The largest absolute Gasteiger partial charge is 0.457 e. The van der Waals surface area contributed by atoms with Crippen molar-refractivity contribution in [1.29, 1.82) is 0 Å². The Balaban J connectivity index is 2.11. The maximum absolute atomic E-state index is 11.4. The maximum atomic E-state index is 11.4. The van der Waals surface area contributed by atoms with E-state index in [1.807, 2.05) is 12.1 Å². The van der Waals surface area contributed by atoms with E-state index in [-0.39, 0.29) is 11.1 Å². The lowest BCUT2D eigenvalue weighted by molar-refractivity contribution is 0.527. The molecule has 0 saturated heterocycles. The van der Waals surface area contributed by atoms with Crippen molar-refractivity contribution in [3.05, 3.63) is 56.9 Å². The zero-order valence-corrected chi connectivity index (χ0v) is 12.2. The third kappa shape index (κ3) is 2.03. The highest BCUT2D eigenvalue weighted by Crippen LogP contribution is 2.35. The number of hydrogen-bond donors (Lipinski definition) is 0. The third-order valence-electron chi connectivity index (χ3n) is 3.03. The zero-order chi connectivity index (χ0) is 13.6. The molecule has 4 nitrogen and oxygen atoms in total. The quantitative estimate of drug-likeness (QED) is 0.665. The van der Waals surface area contributed by atoms with Crippen LogP contribution in [0, 0.1) is 0 Å². The normalized spacial score (nSPS) is 13.0. The Morgan fingerprint density at radius 1 is 1.37 bits per heavy atom. The lowest BCUT2D eigenvalue weighted by atomic mass is 10.1. The van der Waals surface area contributed by atoms with Crippen LogP contribution in [0.4, 0.5) is 0 Å². The predicted octanol–water partition coefficient (Wildman–Crippen LogP) is 3.82. The van der Waals surface area contributed by atoms with Gasteiger partial charge in [0.2, 0.25) is 0 Å². The number of halogens is 2. The van der Waals surface area contributed by atoms with Crippen LogP contribution in [0.15, 0.2) is 48.8 Å². The topological polar surface area (TPSA) is 48.3 Å². The summed E-state index contributed by atoms with van der Waals surface area (Å²) in [6.45, 7) is 0. The van der Waals surface area contributed by atoms with Crippen LogP contribution >= 0.6 is 27.5 Å². The summed E-state index contributed by atoms with van der Waals surface area (Å²) >= 11 is 9.71. The zero-order valence-electron chi connectivity index (χ0n) is 9.89. The number of nitrogens with zero attached hydrogens (tertiary/aromatic N) is 1. The van der Waals surface area contributed by atoms with Gasteiger partial charge in [-0.05, 0) is 39.7 Å². The van der Waals surface area contributed by atoms with Crippen molar-refractivity contribution in [3.8, 4) is 0 Å². The second-order valence-electron chi connectivity index (χ2n) is 4.17. The first-order valence-electron chi connectivity index (χ1n) is 5.54. The number of benzene rings is 1. The summed E-state index contributed by atoms with van der Waals surface area (Å²) in [5.74, 6) is -0.386. The number of furan rings is 1. The molecule has 0 bridgehead atoms. The van der Waals surface area contributed by atoms with Crippen molar-refractivity contribution in [1.82, 2.24) is 4.57 Å². The third-order valence-corrected chi connectivity index (χ3v) is 4.16. The van der Waals surface area contributed by atoms with Crippen LogP contribution in [0.25, 0.3) is 11.1 Å². The van der Waals surface area contributed by atoms with Crippen LogP contribution in [0.2, 0.25) is 0 Å². The Labute approximate surface area is 121 Å². The number of alkyl halides is 1. The Morgan fingerprint density at radius 3 is 2.84 bits per heavy atom. The van der Waals surface area contributed by atoms with Gasteiger partial charge in [0.15, 0.2) is 10.3 Å². The van der Waals surface area contributed by atoms with E-state index in [1.54, 1.807) is 25.4 Å². The van der Waals surface area contributed by atoms with Gasteiger partial charge in [-0.25, -0.2) is 4.79 Å². The van der Waals surface area contributed by atoms with Gasteiger partial charge in [-0.2, -0.15) is 0 Å². The van der Waals surface area contributed by atoms with Gasteiger partial charge in [0.25, 0.3) is 0 Å². The molecular weight excluding hydrogens is 334 g/mol. The first kappa shape index (κ1) is 12.6. The first-order chi connectivity index (χ1) is 9.08. The van der Waals surface area contributed by atoms with E-state index in [2.05, 4.69) is 15.9 Å². The van der Waals surface area contributed by atoms with Crippen LogP contribution in [-0.4, -0.2) is 4.57 Å². The van der Waals surface area contributed by atoms with Gasteiger partial charge in [0.1, 0.15) is 0 Å². The fourth-order valence-electron chi connectivity index (χ4n) is 1.97.